The van der Waals surface area contributed by atoms with Crippen LogP contribution in [0.3, 0.4) is 0 Å². The van der Waals surface area contributed by atoms with Crippen LogP contribution in [0.25, 0.3) is 0 Å². The van der Waals surface area contributed by atoms with Crippen LogP contribution in [0.1, 0.15) is 18.0 Å². The second kappa shape index (κ2) is 5.41. The Morgan fingerprint density at radius 3 is 2.78 bits per heavy atom. The van der Waals surface area contributed by atoms with Gasteiger partial charge in [-0.25, -0.2) is 0 Å². The number of nitrogens with zero attached hydrogens (tertiary/aromatic N) is 2. The van der Waals surface area contributed by atoms with Gasteiger partial charge >= 0.3 is 0 Å². The van der Waals surface area contributed by atoms with Crippen LogP contribution in [-0.2, 0) is 0 Å². The van der Waals surface area contributed by atoms with E-state index in [4.69, 9.17) is 11.6 Å². The van der Waals surface area contributed by atoms with Gasteiger partial charge in [-0.15, -0.1) is 11.8 Å². The SMILES string of the molecule is CN1CCN(C2CCSc3ccc(Cl)cc32)CC1. The highest BCUT2D eigenvalue weighted by molar-refractivity contribution is 7.99. The van der Waals surface area contributed by atoms with Crippen molar-refractivity contribution in [1.82, 2.24) is 9.80 Å². The van der Waals surface area contributed by atoms with Gasteiger partial charge in [-0.2, -0.15) is 0 Å². The second-order valence-electron chi connectivity index (χ2n) is 5.17. The highest BCUT2D eigenvalue weighted by atomic mass is 35.5. The Balaban J connectivity index is 1.84. The molecule has 0 bridgehead atoms. The minimum absolute atomic E-state index is 0.577. The van der Waals surface area contributed by atoms with Crippen LogP contribution in [0.4, 0.5) is 0 Å². The molecule has 98 valence electrons. The molecule has 1 unspecified atom stereocenters. The summed E-state index contributed by atoms with van der Waals surface area (Å²) in [5.74, 6) is 1.23. The number of benzene rings is 1. The van der Waals surface area contributed by atoms with Gasteiger partial charge in [0.15, 0.2) is 0 Å². The van der Waals surface area contributed by atoms with E-state index in [2.05, 4.69) is 29.0 Å². The van der Waals surface area contributed by atoms with Gasteiger partial charge < -0.3 is 4.90 Å². The van der Waals surface area contributed by atoms with Gasteiger partial charge in [0.2, 0.25) is 0 Å². The van der Waals surface area contributed by atoms with E-state index in [0.29, 0.717) is 6.04 Å². The number of fused-ring (bicyclic) bond motifs is 1. The number of likely N-dealkylation sites (N-methyl/N-ethyl adjacent to an activating group) is 1. The molecule has 1 aromatic rings. The van der Waals surface area contributed by atoms with E-state index < -0.39 is 0 Å². The first-order valence-electron chi connectivity index (χ1n) is 6.59. The summed E-state index contributed by atoms with van der Waals surface area (Å²) in [5.41, 5.74) is 1.45. The number of rotatable bonds is 1. The maximum atomic E-state index is 6.17. The van der Waals surface area contributed by atoms with E-state index in [9.17, 15) is 0 Å². The molecular weight excluding hydrogens is 264 g/mol. The van der Waals surface area contributed by atoms with E-state index in [-0.39, 0.29) is 0 Å². The van der Waals surface area contributed by atoms with Crippen molar-refractivity contribution in [3.63, 3.8) is 0 Å². The summed E-state index contributed by atoms with van der Waals surface area (Å²) in [7, 11) is 2.21. The van der Waals surface area contributed by atoms with Gasteiger partial charge in [-0.3, -0.25) is 4.90 Å². The zero-order valence-electron chi connectivity index (χ0n) is 10.7. The Kier molecular flexibility index (Phi) is 3.85. The lowest BCUT2D eigenvalue weighted by atomic mass is 10.0. The average molecular weight is 283 g/mol. The van der Waals surface area contributed by atoms with Crippen LogP contribution in [0.2, 0.25) is 5.02 Å². The minimum atomic E-state index is 0.577. The Labute approximate surface area is 118 Å². The lowest BCUT2D eigenvalue weighted by molar-refractivity contribution is 0.107. The fourth-order valence-electron chi connectivity index (χ4n) is 2.86. The summed E-state index contributed by atoms with van der Waals surface area (Å²) in [4.78, 5) is 6.47. The highest BCUT2D eigenvalue weighted by Gasteiger charge is 2.28. The molecule has 18 heavy (non-hydrogen) atoms. The molecule has 3 rings (SSSR count). The third-order valence-corrected chi connectivity index (χ3v) is 5.32. The fourth-order valence-corrected chi connectivity index (χ4v) is 4.13. The molecule has 0 saturated carbocycles. The number of hydrogen-bond donors (Lipinski definition) is 0. The first kappa shape index (κ1) is 12.8. The summed E-state index contributed by atoms with van der Waals surface area (Å²) in [5, 5.41) is 0.871. The lowest BCUT2D eigenvalue weighted by Crippen LogP contribution is -2.46. The second-order valence-corrected chi connectivity index (χ2v) is 6.75. The van der Waals surface area contributed by atoms with Crippen molar-refractivity contribution in [2.75, 3.05) is 39.0 Å². The third-order valence-electron chi connectivity index (χ3n) is 3.96. The van der Waals surface area contributed by atoms with Crippen molar-refractivity contribution in [3.05, 3.63) is 28.8 Å². The number of thioether (sulfide) groups is 1. The van der Waals surface area contributed by atoms with Gasteiger partial charge in [0.25, 0.3) is 0 Å². The molecule has 0 radical (unpaired) electrons. The van der Waals surface area contributed by atoms with Crippen molar-refractivity contribution in [3.8, 4) is 0 Å². The monoisotopic (exact) mass is 282 g/mol. The summed E-state index contributed by atoms with van der Waals surface area (Å²) in [6, 6.07) is 6.95. The van der Waals surface area contributed by atoms with E-state index in [1.54, 1.807) is 0 Å². The van der Waals surface area contributed by atoms with Gasteiger partial charge in [-0.05, 0) is 43.0 Å². The van der Waals surface area contributed by atoms with Crippen LogP contribution < -0.4 is 0 Å². The maximum Gasteiger partial charge on any atom is 0.0410 e. The van der Waals surface area contributed by atoms with Crippen molar-refractivity contribution in [2.45, 2.75) is 17.4 Å². The Bertz CT molecular complexity index is 430. The van der Waals surface area contributed by atoms with Crippen molar-refractivity contribution in [1.29, 1.82) is 0 Å². The first-order chi connectivity index (χ1) is 8.74. The zero-order valence-corrected chi connectivity index (χ0v) is 12.3. The Hall–Kier alpha value is -0.220. The minimum Gasteiger partial charge on any atom is -0.304 e. The van der Waals surface area contributed by atoms with Gasteiger partial charge in [0, 0.05) is 42.1 Å². The van der Waals surface area contributed by atoms with Crippen LogP contribution in [0.5, 0.6) is 0 Å². The van der Waals surface area contributed by atoms with E-state index in [0.717, 1.165) is 5.02 Å². The fraction of sp³-hybridized carbons (Fsp3) is 0.571. The maximum absolute atomic E-state index is 6.17. The molecule has 0 aliphatic carbocycles. The topological polar surface area (TPSA) is 6.48 Å². The molecule has 2 heterocycles. The molecule has 0 amide bonds. The van der Waals surface area contributed by atoms with Gasteiger partial charge in [0.1, 0.15) is 0 Å². The van der Waals surface area contributed by atoms with E-state index >= 15 is 0 Å². The number of halogens is 1. The molecule has 2 nitrogen and oxygen atoms in total. The highest BCUT2D eigenvalue weighted by Crippen LogP contribution is 2.40. The predicted octanol–water partition coefficient (Wildman–Crippen LogP) is 3.12. The van der Waals surface area contributed by atoms with Crippen molar-refractivity contribution < 1.29 is 0 Å². The molecule has 1 fully saturated rings. The molecule has 2 aliphatic heterocycles. The molecular formula is C14H19ClN2S. The van der Waals surface area contributed by atoms with E-state index in [1.165, 1.54) is 48.8 Å². The predicted molar refractivity (Wildman–Crippen MR) is 78.6 cm³/mol. The van der Waals surface area contributed by atoms with Crippen molar-refractivity contribution >= 4 is 23.4 Å². The molecule has 4 heteroatoms. The smallest absolute Gasteiger partial charge is 0.0410 e. The molecule has 2 aliphatic rings. The van der Waals surface area contributed by atoms with Crippen LogP contribution in [0, 0.1) is 0 Å². The van der Waals surface area contributed by atoms with Crippen LogP contribution in [0.15, 0.2) is 23.1 Å². The van der Waals surface area contributed by atoms with Gasteiger partial charge in [-0.1, -0.05) is 11.6 Å². The molecule has 0 N–H and O–H groups in total. The molecule has 1 saturated heterocycles. The van der Waals surface area contributed by atoms with Crippen LogP contribution in [-0.4, -0.2) is 48.8 Å². The quantitative estimate of drug-likeness (QED) is 0.781. The summed E-state index contributed by atoms with van der Waals surface area (Å²) < 4.78 is 0. The standard InChI is InChI=1S/C14H19ClN2S/c1-16-5-7-17(8-6-16)13-4-9-18-14-3-2-11(15)10-12(13)14/h2-3,10,13H,4-9H2,1H3. The summed E-state index contributed by atoms with van der Waals surface area (Å²) in [6.45, 7) is 4.72. The van der Waals surface area contributed by atoms with Crippen LogP contribution >= 0.6 is 23.4 Å². The Morgan fingerprint density at radius 2 is 2.00 bits per heavy atom. The number of piperazine rings is 1. The molecule has 1 atom stereocenters. The zero-order chi connectivity index (χ0) is 12.5. The van der Waals surface area contributed by atoms with Gasteiger partial charge in [0.05, 0.1) is 0 Å². The summed E-state index contributed by atoms with van der Waals surface area (Å²) in [6.07, 6.45) is 1.25. The summed E-state index contributed by atoms with van der Waals surface area (Å²) >= 11 is 8.14. The van der Waals surface area contributed by atoms with Crippen molar-refractivity contribution in [2.24, 2.45) is 0 Å². The molecule has 1 aromatic carbocycles. The third kappa shape index (κ3) is 2.55. The molecule has 0 spiro atoms. The lowest BCUT2D eigenvalue weighted by Gasteiger charge is -2.40. The molecule has 0 aromatic heterocycles. The largest absolute Gasteiger partial charge is 0.304 e. The average Bonchev–Trinajstić information content (AvgIpc) is 2.39. The normalized spacial score (nSPS) is 26.0. The van der Waals surface area contributed by atoms with E-state index in [1.807, 2.05) is 17.8 Å². The number of hydrogen-bond acceptors (Lipinski definition) is 3. The first-order valence-corrected chi connectivity index (χ1v) is 7.95. The Morgan fingerprint density at radius 1 is 1.22 bits per heavy atom.